The quantitative estimate of drug-likeness (QED) is 0.889. The maximum atomic E-state index is 5.65. The lowest BCUT2D eigenvalue weighted by molar-refractivity contribution is 0.0322. The highest BCUT2D eigenvalue weighted by Crippen LogP contribution is 2.19. The van der Waals surface area contributed by atoms with Crippen LogP contribution in [0.1, 0.15) is 18.9 Å². The Balaban J connectivity index is 2.12. The van der Waals surface area contributed by atoms with E-state index in [4.69, 9.17) is 4.84 Å². The third kappa shape index (κ3) is 3.44. The Kier molecular flexibility index (Phi) is 4.74. The molecule has 2 unspecified atom stereocenters. The average molecular weight is 262 g/mol. The molecule has 2 rings (SSSR count). The van der Waals surface area contributed by atoms with Crippen molar-refractivity contribution in [2.75, 3.05) is 27.2 Å². The third-order valence-corrected chi connectivity index (χ3v) is 3.54. The van der Waals surface area contributed by atoms with Gasteiger partial charge in [0.2, 0.25) is 0 Å². The molecule has 1 aliphatic heterocycles. The SMILES string of the molecule is CNCCC1CN(C)C(c2ccncc2)=NOC1C. The van der Waals surface area contributed by atoms with Gasteiger partial charge in [-0.1, -0.05) is 5.16 Å². The molecule has 0 spiro atoms. The summed E-state index contributed by atoms with van der Waals surface area (Å²) < 4.78 is 0. The van der Waals surface area contributed by atoms with Crippen molar-refractivity contribution in [3.63, 3.8) is 0 Å². The minimum absolute atomic E-state index is 0.134. The number of nitrogens with zero attached hydrogens (tertiary/aromatic N) is 3. The number of pyridine rings is 1. The summed E-state index contributed by atoms with van der Waals surface area (Å²) in [7, 11) is 4.04. The molecule has 19 heavy (non-hydrogen) atoms. The van der Waals surface area contributed by atoms with E-state index in [2.05, 4.69) is 34.3 Å². The third-order valence-electron chi connectivity index (χ3n) is 3.54. The van der Waals surface area contributed by atoms with Crippen LogP contribution in [-0.4, -0.2) is 49.0 Å². The van der Waals surface area contributed by atoms with Gasteiger partial charge in [0.15, 0.2) is 5.84 Å². The number of aromatic nitrogens is 1. The van der Waals surface area contributed by atoms with Gasteiger partial charge in [0, 0.05) is 37.5 Å². The van der Waals surface area contributed by atoms with Crippen molar-refractivity contribution < 1.29 is 4.84 Å². The predicted molar refractivity (Wildman–Crippen MR) is 76.0 cm³/mol. The molecule has 1 aromatic rings. The van der Waals surface area contributed by atoms with Crippen LogP contribution in [-0.2, 0) is 4.84 Å². The van der Waals surface area contributed by atoms with E-state index in [1.54, 1.807) is 12.4 Å². The number of nitrogens with one attached hydrogen (secondary N) is 1. The molecular formula is C14H22N4O. The zero-order chi connectivity index (χ0) is 13.7. The number of hydrogen-bond acceptors (Lipinski definition) is 5. The van der Waals surface area contributed by atoms with E-state index in [1.807, 2.05) is 19.2 Å². The summed E-state index contributed by atoms with van der Waals surface area (Å²) >= 11 is 0. The molecule has 0 saturated heterocycles. The molecule has 0 aromatic carbocycles. The average Bonchev–Trinajstić information content (AvgIpc) is 2.57. The van der Waals surface area contributed by atoms with Crippen molar-refractivity contribution in [2.24, 2.45) is 11.1 Å². The van der Waals surface area contributed by atoms with Gasteiger partial charge in [-0.3, -0.25) is 4.98 Å². The molecule has 5 nitrogen and oxygen atoms in total. The number of oxime groups is 1. The highest BCUT2D eigenvalue weighted by atomic mass is 16.6. The van der Waals surface area contributed by atoms with Crippen molar-refractivity contribution in [1.29, 1.82) is 0 Å². The Hall–Kier alpha value is -1.62. The molecule has 1 aliphatic rings. The smallest absolute Gasteiger partial charge is 0.175 e. The van der Waals surface area contributed by atoms with Crippen molar-refractivity contribution in [2.45, 2.75) is 19.4 Å². The van der Waals surface area contributed by atoms with E-state index in [0.717, 1.165) is 30.9 Å². The Morgan fingerprint density at radius 3 is 2.84 bits per heavy atom. The lowest BCUT2D eigenvalue weighted by Gasteiger charge is -2.24. The minimum atomic E-state index is 0.134. The largest absolute Gasteiger partial charge is 0.391 e. The Morgan fingerprint density at radius 2 is 2.16 bits per heavy atom. The van der Waals surface area contributed by atoms with Crippen LogP contribution in [0.4, 0.5) is 0 Å². The fourth-order valence-corrected chi connectivity index (χ4v) is 2.31. The number of amidine groups is 1. The maximum Gasteiger partial charge on any atom is 0.175 e. The summed E-state index contributed by atoms with van der Waals surface area (Å²) in [6, 6.07) is 3.91. The molecule has 104 valence electrons. The Bertz CT molecular complexity index is 421. The first kappa shape index (κ1) is 13.8. The summed E-state index contributed by atoms with van der Waals surface area (Å²) in [5.41, 5.74) is 1.04. The summed E-state index contributed by atoms with van der Waals surface area (Å²) in [6.07, 6.45) is 4.77. The predicted octanol–water partition coefficient (Wildman–Crippen LogP) is 1.32. The number of hydrogen-bond donors (Lipinski definition) is 1. The monoisotopic (exact) mass is 262 g/mol. The normalized spacial score (nSPS) is 23.5. The second-order valence-corrected chi connectivity index (χ2v) is 4.99. The van der Waals surface area contributed by atoms with E-state index >= 15 is 0 Å². The molecule has 0 amide bonds. The molecule has 0 saturated carbocycles. The zero-order valence-corrected chi connectivity index (χ0v) is 11.8. The Labute approximate surface area is 114 Å². The van der Waals surface area contributed by atoms with Crippen LogP contribution in [0.15, 0.2) is 29.7 Å². The van der Waals surface area contributed by atoms with Gasteiger partial charge in [-0.15, -0.1) is 0 Å². The lowest BCUT2D eigenvalue weighted by Crippen LogP contribution is -2.34. The van der Waals surface area contributed by atoms with E-state index in [0.29, 0.717) is 5.92 Å². The van der Waals surface area contributed by atoms with Gasteiger partial charge in [-0.2, -0.15) is 0 Å². The van der Waals surface area contributed by atoms with Crippen LogP contribution in [0.2, 0.25) is 0 Å². The van der Waals surface area contributed by atoms with Crippen LogP contribution in [0.5, 0.6) is 0 Å². The molecule has 0 aliphatic carbocycles. The molecule has 1 N–H and O–H groups in total. The highest BCUT2D eigenvalue weighted by Gasteiger charge is 2.26. The second-order valence-electron chi connectivity index (χ2n) is 4.99. The van der Waals surface area contributed by atoms with Crippen molar-refractivity contribution in [3.05, 3.63) is 30.1 Å². The number of rotatable bonds is 4. The zero-order valence-electron chi connectivity index (χ0n) is 11.8. The molecule has 0 radical (unpaired) electrons. The van der Waals surface area contributed by atoms with E-state index < -0.39 is 0 Å². The topological polar surface area (TPSA) is 49.8 Å². The van der Waals surface area contributed by atoms with Crippen molar-refractivity contribution in [3.8, 4) is 0 Å². The first-order valence-electron chi connectivity index (χ1n) is 6.72. The van der Waals surface area contributed by atoms with E-state index in [1.165, 1.54) is 0 Å². The van der Waals surface area contributed by atoms with Gasteiger partial charge in [-0.25, -0.2) is 0 Å². The molecule has 2 atom stereocenters. The molecule has 2 heterocycles. The van der Waals surface area contributed by atoms with Gasteiger partial charge < -0.3 is 15.1 Å². The summed E-state index contributed by atoms with van der Waals surface area (Å²) in [5, 5.41) is 7.50. The molecule has 0 bridgehead atoms. The van der Waals surface area contributed by atoms with Gasteiger partial charge in [0.1, 0.15) is 6.10 Å². The standard InChI is InChI=1S/C14H22N4O/c1-11-13(4-7-15-2)10-18(3)14(17-19-11)12-5-8-16-9-6-12/h5-6,8-9,11,13,15H,4,7,10H2,1-3H3. The summed E-state index contributed by atoms with van der Waals surface area (Å²) in [6.45, 7) is 4.04. The maximum absolute atomic E-state index is 5.65. The van der Waals surface area contributed by atoms with E-state index in [9.17, 15) is 0 Å². The van der Waals surface area contributed by atoms with Gasteiger partial charge >= 0.3 is 0 Å². The first-order valence-corrected chi connectivity index (χ1v) is 6.72. The van der Waals surface area contributed by atoms with Crippen LogP contribution in [0.3, 0.4) is 0 Å². The van der Waals surface area contributed by atoms with Gasteiger partial charge in [0.25, 0.3) is 0 Å². The van der Waals surface area contributed by atoms with Crippen molar-refractivity contribution in [1.82, 2.24) is 15.2 Å². The second kappa shape index (κ2) is 6.52. The minimum Gasteiger partial charge on any atom is -0.391 e. The molecule has 5 heteroatoms. The van der Waals surface area contributed by atoms with Crippen molar-refractivity contribution >= 4 is 5.84 Å². The van der Waals surface area contributed by atoms with Gasteiger partial charge in [0.05, 0.1) is 0 Å². The first-order chi connectivity index (χ1) is 9.22. The van der Waals surface area contributed by atoms with Crippen LogP contribution in [0, 0.1) is 5.92 Å². The highest BCUT2D eigenvalue weighted by molar-refractivity contribution is 5.98. The van der Waals surface area contributed by atoms with Gasteiger partial charge in [-0.05, 0) is 39.1 Å². The van der Waals surface area contributed by atoms with Crippen LogP contribution < -0.4 is 5.32 Å². The van der Waals surface area contributed by atoms with Crippen LogP contribution in [0.25, 0.3) is 0 Å². The fourth-order valence-electron chi connectivity index (χ4n) is 2.31. The molecule has 1 aromatic heterocycles. The molecule has 0 fully saturated rings. The Morgan fingerprint density at radius 1 is 1.42 bits per heavy atom. The summed E-state index contributed by atoms with van der Waals surface area (Å²) in [5.74, 6) is 1.35. The van der Waals surface area contributed by atoms with E-state index in [-0.39, 0.29) is 6.10 Å². The molecular weight excluding hydrogens is 240 g/mol. The fraction of sp³-hybridized carbons (Fsp3) is 0.571. The summed E-state index contributed by atoms with van der Waals surface area (Å²) in [4.78, 5) is 11.9. The lowest BCUT2D eigenvalue weighted by atomic mass is 9.99. The van der Waals surface area contributed by atoms with Crippen LogP contribution >= 0.6 is 0 Å².